The molecule has 0 aliphatic heterocycles. The molecule has 0 atom stereocenters. The molecule has 0 unspecified atom stereocenters. The summed E-state index contributed by atoms with van der Waals surface area (Å²) in [6.07, 6.45) is 5.01. The highest BCUT2D eigenvalue weighted by molar-refractivity contribution is 7.98. The van der Waals surface area contributed by atoms with Gasteiger partial charge in [0, 0.05) is 16.5 Å². The van der Waals surface area contributed by atoms with Gasteiger partial charge in [-0.15, -0.1) is 11.8 Å². The van der Waals surface area contributed by atoms with Gasteiger partial charge in [0.25, 0.3) is 5.89 Å². The molecule has 0 saturated carbocycles. The Morgan fingerprint density at radius 3 is 2.62 bits per heavy atom. The van der Waals surface area contributed by atoms with Crippen LogP contribution in [0.2, 0.25) is 0 Å². The summed E-state index contributed by atoms with van der Waals surface area (Å²) < 4.78 is 23.0. The number of benzene rings is 2. The fraction of sp³-hybridized carbons (Fsp3) is 0.105. The Labute approximate surface area is 153 Å². The molecule has 0 aliphatic carbocycles. The maximum Gasteiger partial charge on any atom is 0.331 e. The summed E-state index contributed by atoms with van der Waals surface area (Å²) in [5, 5.41) is 3.78. The molecule has 2 aromatic carbocycles. The topological polar surface area (TPSA) is 65.2 Å². The average molecular weight is 370 g/mol. The summed E-state index contributed by atoms with van der Waals surface area (Å²) in [7, 11) is 0. The van der Waals surface area contributed by atoms with Gasteiger partial charge in [-0.1, -0.05) is 17.3 Å². The number of rotatable bonds is 6. The summed E-state index contributed by atoms with van der Waals surface area (Å²) in [6.45, 7) is -0.136. The highest BCUT2D eigenvalue weighted by Crippen LogP contribution is 2.17. The molecule has 0 fully saturated rings. The quantitative estimate of drug-likeness (QED) is 0.365. The zero-order valence-electron chi connectivity index (χ0n) is 13.9. The van der Waals surface area contributed by atoms with E-state index in [9.17, 15) is 9.18 Å². The van der Waals surface area contributed by atoms with E-state index in [1.165, 1.54) is 18.2 Å². The number of halogens is 1. The maximum atomic E-state index is 12.9. The number of carbonyl (C=O) groups is 1. The minimum atomic E-state index is -0.513. The van der Waals surface area contributed by atoms with Gasteiger partial charge in [-0.25, -0.2) is 9.18 Å². The van der Waals surface area contributed by atoms with Crippen molar-refractivity contribution in [1.29, 1.82) is 0 Å². The molecule has 0 spiro atoms. The van der Waals surface area contributed by atoms with E-state index in [1.807, 2.05) is 30.5 Å². The van der Waals surface area contributed by atoms with Crippen LogP contribution in [0.3, 0.4) is 0 Å². The van der Waals surface area contributed by atoms with Crippen LogP contribution in [0.15, 0.2) is 64.0 Å². The molecule has 132 valence electrons. The minimum absolute atomic E-state index is 0.136. The highest BCUT2D eigenvalue weighted by Gasteiger charge is 2.10. The Bertz CT molecular complexity index is 905. The monoisotopic (exact) mass is 370 g/mol. The molecule has 0 N–H and O–H groups in total. The van der Waals surface area contributed by atoms with Crippen LogP contribution in [0.1, 0.15) is 11.5 Å². The van der Waals surface area contributed by atoms with Crippen molar-refractivity contribution in [2.24, 2.45) is 0 Å². The second-order valence-electron chi connectivity index (χ2n) is 5.23. The van der Waals surface area contributed by atoms with Crippen LogP contribution < -0.4 is 0 Å². The molecule has 0 radical (unpaired) electrons. The lowest BCUT2D eigenvalue weighted by molar-refractivity contribution is -0.139. The Kier molecular flexibility index (Phi) is 5.80. The minimum Gasteiger partial charge on any atom is -0.452 e. The van der Waals surface area contributed by atoms with Crippen LogP contribution in [0.4, 0.5) is 4.39 Å². The first-order valence-corrected chi connectivity index (χ1v) is 8.94. The molecule has 1 heterocycles. The van der Waals surface area contributed by atoms with Crippen LogP contribution >= 0.6 is 11.8 Å². The van der Waals surface area contributed by atoms with Crippen LogP contribution in [0.25, 0.3) is 17.5 Å². The number of hydrogen-bond donors (Lipinski definition) is 0. The van der Waals surface area contributed by atoms with Gasteiger partial charge in [0.1, 0.15) is 5.82 Å². The van der Waals surface area contributed by atoms with E-state index in [0.717, 1.165) is 10.5 Å². The lowest BCUT2D eigenvalue weighted by atomic mass is 10.2. The fourth-order valence-electron chi connectivity index (χ4n) is 2.09. The van der Waals surface area contributed by atoms with Crippen molar-refractivity contribution in [1.82, 2.24) is 10.1 Å². The number of esters is 1. The van der Waals surface area contributed by atoms with Gasteiger partial charge in [0.05, 0.1) is 0 Å². The summed E-state index contributed by atoms with van der Waals surface area (Å²) in [5.41, 5.74) is 1.51. The molecule has 0 amide bonds. The third kappa shape index (κ3) is 4.80. The third-order valence-corrected chi connectivity index (χ3v) is 4.18. The van der Waals surface area contributed by atoms with Gasteiger partial charge in [0.2, 0.25) is 5.82 Å². The molecule has 3 rings (SSSR count). The van der Waals surface area contributed by atoms with Crippen LogP contribution in [-0.4, -0.2) is 22.4 Å². The van der Waals surface area contributed by atoms with E-state index in [0.29, 0.717) is 11.4 Å². The van der Waals surface area contributed by atoms with Gasteiger partial charge in [0.15, 0.2) is 6.61 Å². The lowest BCUT2D eigenvalue weighted by Crippen LogP contribution is -2.00. The second-order valence-corrected chi connectivity index (χ2v) is 6.11. The largest absolute Gasteiger partial charge is 0.452 e. The summed E-state index contributed by atoms with van der Waals surface area (Å²) in [5.74, 6) is -0.391. The van der Waals surface area contributed by atoms with E-state index in [4.69, 9.17) is 9.26 Å². The van der Waals surface area contributed by atoms with Crippen molar-refractivity contribution >= 4 is 23.8 Å². The van der Waals surface area contributed by atoms with Gasteiger partial charge < -0.3 is 9.26 Å². The predicted molar refractivity (Wildman–Crippen MR) is 96.7 cm³/mol. The van der Waals surface area contributed by atoms with Crippen LogP contribution in [0.5, 0.6) is 0 Å². The van der Waals surface area contributed by atoms with E-state index < -0.39 is 5.97 Å². The number of nitrogens with zero attached hydrogens (tertiary/aromatic N) is 2. The van der Waals surface area contributed by atoms with E-state index in [1.54, 1.807) is 30.0 Å². The molecule has 7 heteroatoms. The number of hydrogen-bond acceptors (Lipinski definition) is 6. The number of carbonyl (C=O) groups excluding carboxylic acids is 1. The average Bonchev–Trinajstić information content (AvgIpc) is 3.14. The summed E-state index contributed by atoms with van der Waals surface area (Å²) >= 11 is 1.65. The summed E-state index contributed by atoms with van der Waals surface area (Å²) in [6, 6.07) is 13.5. The van der Waals surface area contributed by atoms with Gasteiger partial charge in [-0.3, -0.25) is 0 Å². The maximum absolute atomic E-state index is 12.9. The Morgan fingerprint density at radius 1 is 1.19 bits per heavy atom. The van der Waals surface area contributed by atoms with Crippen LogP contribution in [0, 0.1) is 5.82 Å². The molecular formula is C19H15FN2O3S. The van der Waals surface area contributed by atoms with Crippen molar-refractivity contribution < 1.29 is 18.4 Å². The van der Waals surface area contributed by atoms with Crippen molar-refractivity contribution in [3.8, 4) is 11.4 Å². The molecule has 5 nitrogen and oxygen atoms in total. The zero-order valence-corrected chi connectivity index (χ0v) is 14.7. The Balaban J connectivity index is 1.54. The van der Waals surface area contributed by atoms with Gasteiger partial charge in [-0.05, 0) is 54.3 Å². The molecule has 26 heavy (non-hydrogen) atoms. The highest BCUT2D eigenvalue weighted by atomic mass is 32.2. The SMILES string of the molecule is CSc1ccc(/C=C/C(=O)OCc2nc(-c3ccc(F)cc3)no2)cc1. The van der Waals surface area contributed by atoms with E-state index in [-0.39, 0.29) is 18.3 Å². The van der Waals surface area contributed by atoms with Gasteiger partial charge >= 0.3 is 5.97 Å². The number of ether oxygens (including phenoxy) is 1. The molecule has 0 saturated heterocycles. The normalized spacial score (nSPS) is 11.0. The summed E-state index contributed by atoms with van der Waals surface area (Å²) in [4.78, 5) is 17.0. The van der Waals surface area contributed by atoms with E-state index in [2.05, 4.69) is 10.1 Å². The fourth-order valence-corrected chi connectivity index (χ4v) is 2.50. The van der Waals surface area contributed by atoms with Gasteiger partial charge in [-0.2, -0.15) is 4.98 Å². The Hall–Kier alpha value is -2.93. The lowest BCUT2D eigenvalue weighted by Gasteiger charge is -1.98. The predicted octanol–water partition coefficient (Wildman–Crippen LogP) is 4.35. The molecule has 1 aromatic heterocycles. The Morgan fingerprint density at radius 2 is 1.92 bits per heavy atom. The number of thioether (sulfide) groups is 1. The molecular weight excluding hydrogens is 355 g/mol. The third-order valence-electron chi connectivity index (χ3n) is 3.44. The van der Waals surface area contributed by atoms with Crippen molar-refractivity contribution in [2.75, 3.05) is 6.26 Å². The molecule has 0 aliphatic rings. The first-order valence-electron chi connectivity index (χ1n) is 7.71. The van der Waals surface area contributed by atoms with Crippen molar-refractivity contribution in [3.63, 3.8) is 0 Å². The van der Waals surface area contributed by atoms with Crippen molar-refractivity contribution in [3.05, 3.63) is 71.9 Å². The molecule has 0 bridgehead atoms. The number of aromatic nitrogens is 2. The smallest absolute Gasteiger partial charge is 0.331 e. The van der Waals surface area contributed by atoms with E-state index >= 15 is 0 Å². The second kappa shape index (κ2) is 8.44. The standard InChI is InChI=1S/C19H15FN2O3S/c1-26-16-9-2-13(3-10-16)4-11-18(23)24-12-17-21-19(22-25-17)14-5-7-15(20)8-6-14/h2-11H,12H2,1H3/b11-4+. The first kappa shape index (κ1) is 17.9. The molecule has 3 aromatic rings. The first-order chi connectivity index (χ1) is 12.6. The zero-order chi connectivity index (χ0) is 18.4. The van der Waals surface area contributed by atoms with Crippen LogP contribution in [-0.2, 0) is 16.1 Å². The van der Waals surface area contributed by atoms with Crippen molar-refractivity contribution in [2.45, 2.75) is 11.5 Å².